The van der Waals surface area contributed by atoms with E-state index in [0.717, 1.165) is 48.8 Å². The Morgan fingerprint density at radius 3 is 2.52 bits per heavy atom. The van der Waals surface area contributed by atoms with Crippen LogP contribution in [-0.4, -0.2) is 53.7 Å². The number of H-pyrrole nitrogens is 1. The average Bonchev–Trinajstić information content (AvgIpc) is 2.91. The second-order valence-electron chi connectivity index (χ2n) is 6.84. The average molecular weight is 341 g/mol. The van der Waals surface area contributed by atoms with Gasteiger partial charge in [0.2, 0.25) is 5.91 Å². The van der Waals surface area contributed by atoms with Gasteiger partial charge in [0.25, 0.3) is 0 Å². The zero-order chi connectivity index (χ0) is 18.0. The number of nitrogens with zero attached hydrogens (tertiary/aromatic N) is 3. The smallest absolute Gasteiger partial charge is 0.238 e. The summed E-state index contributed by atoms with van der Waals surface area (Å²) in [5, 5.41) is 10.4. The number of amides is 1. The minimum Gasteiger partial charge on any atom is -0.366 e. The monoisotopic (exact) mass is 341 g/mol. The SMILES string of the molecule is Cc1cccc(NC(=O)CN2CCN(c3c(C)n[nH]c3C)CC2)c1C. The van der Waals surface area contributed by atoms with E-state index in [9.17, 15) is 4.79 Å². The normalized spacial score (nSPS) is 15.4. The van der Waals surface area contributed by atoms with E-state index in [0.29, 0.717) is 6.54 Å². The first-order valence-electron chi connectivity index (χ1n) is 8.80. The van der Waals surface area contributed by atoms with Crippen LogP contribution in [-0.2, 0) is 4.79 Å². The molecule has 1 fully saturated rings. The Morgan fingerprint density at radius 1 is 1.16 bits per heavy atom. The lowest BCUT2D eigenvalue weighted by Gasteiger charge is -2.35. The van der Waals surface area contributed by atoms with Crippen LogP contribution in [0.2, 0.25) is 0 Å². The molecule has 2 N–H and O–H groups in total. The number of carbonyl (C=O) groups is 1. The third kappa shape index (κ3) is 3.85. The molecule has 0 atom stereocenters. The van der Waals surface area contributed by atoms with Gasteiger partial charge in [0, 0.05) is 31.9 Å². The maximum Gasteiger partial charge on any atom is 0.238 e. The maximum atomic E-state index is 12.4. The van der Waals surface area contributed by atoms with Crippen molar-refractivity contribution in [1.29, 1.82) is 0 Å². The molecule has 1 aromatic carbocycles. The molecule has 134 valence electrons. The highest BCUT2D eigenvalue weighted by Crippen LogP contribution is 2.23. The quantitative estimate of drug-likeness (QED) is 0.896. The molecule has 1 amide bonds. The van der Waals surface area contributed by atoms with Crippen molar-refractivity contribution in [2.75, 3.05) is 42.9 Å². The lowest BCUT2D eigenvalue weighted by molar-refractivity contribution is -0.117. The molecular weight excluding hydrogens is 314 g/mol. The number of carbonyl (C=O) groups excluding carboxylic acids is 1. The summed E-state index contributed by atoms with van der Waals surface area (Å²) in [5.74, 6) is 0.0535. The summed E-state index contributed by atoms with van der Waals surface area (Å²) >= 11 is 0. The van der Waals surface area contributed by atoms with E-state index in [-0.39, 0.29) is 5.91 Å². The van der Waals surface area contributed by atoms with Crippen LogP contribution in [0.1, 0.15) is 22.5 Å². The van der Waals surface area contributed by atoms with E-state index in [1.54, 1.807) is 0 Å². The van der Waals surface area contributed by atoms with E-state index in [1.165, 1.54) is 11.3 Å². The Hall–Kier alpha value is -2.34. The molecule has 1 aliphatic heterocycles. The number of piperazine rings is 1. The van der Waals surface area contributed by atoms with Crippen LogP contribution in [0.5, 0.6) is 0 Å². The molecule has 6 heteroatoms. The van der Waals surface area contributed by atoms with Crippen LogP contribution in [0.3, 0.4) is 0 Å². The van der Waals surface area contributed by atoms with Gasteiger partial charge in [-0.15, -0.1) is 0 Å². The summed E-state index contributed by atoms with van der Waals surface area (Å²) in [5.41, 5.74) is 6.59. The molecule has 2 heterocycles. The topological polar surface area (TPSA) is 64.3 Å². The number of rotatable bonds is 4. The zero-order valence-corrected chi connectivity index (χ0v) is 15.5. The molecule has 1 saturated heterocycles. The number of anilines is 2. The fraction of sp³-hybridized carbons (Fsp3) is 0.474. The molecule has 0 aliphatic carbocycles. The van der Waals surface area contributed by atoms with Gasteiger partial charge >= 0.3 is 0 Å². The van der Waals surface area contributed by atoms with Crippen molar-refractivity contribution in [3.63, 3.8) is 0 Å². The fourth-order valence-corrected chi connectivity index (χ4v) is 3.42. The lowest BCUT2D eigenvalue weighted by atomic mass is 10.1. The van der Waals surface area contributed by atoms with Crippen molar-refractivity contribution in [3.05, 3.63) is 40.7 Å². The third-order valence-electron chi connectivity index (χ3n) is 5.02. The fourth-order valence-electron chi connectivity index (χ4n) is 3.42. The van der Waals surface area contributed by atoms with Crippen LogP contribution in [0.15, 0.2) is 18.2 Å². The van der Waals surface area contributed by atoms with E-state index >= 15 is 0 Å². The van der Waals surface area contributed by atoms with E-state index < -0.39 is 0 Å². The summed E-state index contributed by atoms with van der Waals surface area (Å²) in [7, 11) is 0. The molecule has 1 aliphatic rings. The van der Waals surface area contributed by atoms with E-state index in [2.05, 4.69) is 45.2 Å². The zero-order valence-electron chi connectivity index (χ0n) is 15.5. The Morgan fingerprint density at radius 2 is 1.88 bits per heavy atom. The van der Waals surface area contributed by atoms with Crippen LogP contribution in [0, 0.1) is 27.7 Å². The minimum absolute atomic E-state index is 0.0535. The number of aromatic amines is 1. The molecule has 0 radical (unpaired) electrons. The number of hydrogen-bond acceptors (Lipinski definition) is 4. The second-order valence-corrected chi connectivity index (χ2v) is 6.84. The van der Waals surface area contributed by atoms with Crippen molar-refractivity contribution >= 4 is 17.3 Å². The van der Waals surface area contributed by atoms with Gasteiger partial charge in [0.05, 0.1) is 23.6 Å². The van der Waals surface area contributed by atoms with Gasteiger partial charge < -0.3 is 10.2 Å². The first kappa shape index (κ1) is 17.5. The van der Waals surface area contributed by atoms with Crippen molar-refractivity contribution in [2.45, 2.75) is 27.7 Å². The van der Waals surface area contributed by atoms with Crippen LogP contribution < -0.4 is 10.2 Å². The van der Waals surface area contributed by atoms with Gasteiger partial charge in [-0.3, -0.25) is 14.8 Å². The van der Waals surface area contributed by atoms with Crippen molar-refractivity contribution in [3.8, 4) is 0 Å². The van der Waals surface area contributed by atoms with Crippen molar-refractivity contribution in [1.82, 2.24) is 15.1 Å². The van der Waals surface area contributed by atoms with Gasteiger partial charge in [-0.2, -0.15) is 5.10 Å². The molecule has 0 saturated carbocycles. The standard InChI is InChI=1S/C19H27N5O/c1-13-6-5-7-17(14(13)2)20-18(25)12-23-8-10-24(11-9-23)19-15(3)21-22-16(19)4/h5-7H,8-12H2,1-4H3,(H,20,25)(H,21,22). The van der Waals surface area contributed by atoms with Gasteiger partial charge in [-0.05, 0) is 44.9 Å². The molecule has 1 aromatic heterocycles. The Bertz CT molecular complexity index is 740. The summed E-state index contributed by atoms with van der Waals surface area (Å²) < 4.78 is 0. The summed E-state index contributed by atoms with van der Waals surface area (Å²) in [6.07, 6.45) is 0. The van der Waals surface area contributed by atoms with Crippen LogP contribution in [0.4, 0.5) is 11.4 Å². The predicted molar refractivity (Wildman–Crippen MR) is 101 cm³/mol. The van der Waals surface area contributed by atoms with Gasteiger partial charge in [0.1, 0.15) is 0 Å². The van der Waals surface area contributed by atoms with Gasteiger partial charge in [-0.25, -0.2) is 0 Å². The number of aromatic nitrogens is 2. The number of benzene rings is 1. The molecule has 3 rings (SSSR count). The van der Waals surface area contributed by atoms with Gasteiger partial charge in [0.15, 0.2) is 0 Å². The van der Waals surface area contributed by atoms with E-state index in [1.807, 2.05) is 26.0 Å². The van der Waals surface area contributed by atoms with Crippen molar-refractivity contribution < 1.29 is 4.79 Å². The predicted octanol–water partition coefficient (Wildman–Crippen LogP) is 2.40. The number of nitrogens with one attached hydrogen (secondary N) is 2. The molecule has 0 bridgehead atoms. The van der Waals surface area contributed by atoms with Crippen LogP contribution >= 0.6 is 0 Å². The third-order valence-corrected chi connectivity index (χ3v) is 5.02. The minimum atomic E-state index is 0.0535. The summed E-state index contributed by atoms with van der Waals surface area (Å²) in [6, 6.07) is 6.00. The lowest BCUT2D eigenvalue weighted by Crippen LogP contribution is -2.49. The summed E-state index contributed by atoms with van der Waals surface area (Å²) in [4.78, 5) is 16.9. The number of aryl methyl sites for hydroxylation is 3. The molecule has 6 nitrogen and oxygen atoms in total. The molecular formula is C19H27N5O. The van der Waals surface area contributed by atoms with Gasteiger partial charge in [-0.1, -0.05) is 12.1 Å². The Balaban J connectivity index is 1.54. The van der Waals surface area contributed by atoms with Crippen LogP contribution in [0.25, 0.3) is 0 Å². The summed E-state index contributed by atoms with van der Waals surface area (Å²) in [6.45, 7) is 12.2. The van der Waals surface area contributed by atoms with Crippen molar-refractivity contribution in [2.24, 2.45) is 0 Å². The highest BCUT2D eigenvalue weighted by Gasteiger charge is 2.22. The number of hydrogen-bond donors (Lipinski definition) is 2. The maximum absolute atomic E-state index is 12.4. The second kappa shape index (κ2) is 7.27. The highest BCUT2D eigenvalue weighted by molar-refractivity contribution is 5.93. The molecule has 0 spiro atoms. The first-order chi connectivity index (χ1) is 12.0. The Labute approximate surface area is 149 Å². The molecule has 0 unspecified atom stereocenters. The largest absolute Gasteiger partial charge is 0.366 e. The molecule has 25 heavy (non-hydrogen) atoms. The Kier molecular flexibility index (Phi) is 5.08. The molecule has 2 aromatic rings. The highest BCUT2D eigenvalue weighted by atomic mass is 16.2. The van der Waals surface area contributed by atoms with E-state index in [4.69, 9.17) is 0 Å². The first-order valence-corrected chi connectivity index (χ1v) is 8.80.